The number of ether oxygens (including phenoxy) is 1. The Morgan fingerprint density at radius 2 is 2.17 bits per heavy atom. The molecule has 1 aromatic carbocycles. The van der Waals surface area contributed by atoms with Gasteiger partial charge >= 0.3 is 0 Å². The van der Waals surface area contributed by atoms with Gasteiger partial charge < -0.3 is 10.5 Å². The maximum Gasteiger partial charge on any atom is 0.283 e. The van der Waals surface area contributed by atoms with Crippen molar-refractivity contribution in [2.24, 2.45) is 16.6 Å². The van der Waals surface area contributed by atoms with Crippen LogP contribution in [0.25, 0.3) is 0 Å². The standard InChI is InChI=1S/C20H17ClF3N3O2/c1-9-4-11(21)8-26-17(9)15(28)6-10-2-3-14(22)12(5-10)20(18(23)24)13-7-16(13)29-19(25)27-20/h2-5,8,13,16,18H,6-7H2,1H3,(H2,25,27)/t13-,16+,20+/m0/s1. The van der Waals surface area contributed by atoms with Crippen LogP contribution in [0, 0.1) is 18.7 Å². The number of halogens is 4. The average molecular weight is 424 g/mol. The quantitative estimate of drug-likeness (QED) is 0.742. The average Bonchev–Trinajstić information content (AvgIpc) is 3.41. The van der Waals surface area contributed by atoms with Gasteiger partial charge in [0.2, 0.25) is 0 Å². The Labute approximate surface area is 169 Å². The first kappa shape index (κ1) is 19.7. The molecule has 1 saturated carbocycles. The number of carbonyl (C=O) groups excluding carboxylic acids is 1. The number of pyridine rings is 1. The summed E-state index contributed by atoms with van der Waals surface area (Å²) in [5.41, 5.74) is 4.37. The van der Waals surface area contributed by atoms with Gasteiger partial charge in [0.15, 0.2) is 11.3 Å². The normalized spacial score (nSPS) is 25.2. The van der Waals surface area contributed by atoms with Crippen LogP contribution in [-0.2, 0) is 16.7 Å². The molecule has 2 heterocycles. The second kappa shape index (κ2) is 7.02. The van der Waals surface area contributed by atoms with Crippen molar-refractivity contribution >= 4 is 23.4 Å². The lowest BCUT2D eigenvalue weighted by molar-refractivity contribution is 0.0176. The van der Waals surface area contributed by atoms with Gasteiger partial charge in [-0.05, 0) is 42.7 Å². The van der Waals surface area contributed by atoms with Crippen LogP contribution in [0.4, 0.5) is 13.2 Å². The Bertz CT molecular complexity index is 1030. The molecule has 4 rings (SSSR count). The summed E-state index contributed by atoms with van der Waals surface area (Å²) >= 11 is 5.86. The summed E-state index contributed by atoms with van der Waals surface area (Å²) in [7, 11) is 0. The number of rotatable bonds is 5. The van der Waals surface area contributed by atoms with Crippen LogP contribution < -0.4 is 5.73 Å². The number of aliphatic imine (C=N–C) groups is 1. The van der Waals surface area contributed by atoms with E-state index in [1.165, 1.54) is 18.3 Å². The van der Waals surface area contributed by atoms with Gasteiger partial charge in [-0.15, -0.1) is 0 Å². The molecular formula is C20H17ClF3N3O2. The fourth-order valence-electron chi connectivity index (χ4n) is 3.89. The summed E-state index contributed by atoms with van der Waals surface area (Å²) in [4.78, 5) is 20.5. The molecule has 1 aromatic heterocycles. The van der Waals surface area contributed by atoms with Gasteiger partial charge in [-0.3, -0.25) is 9.78 Å². The summed E-state index contributed by atoms with van der Waals surface area (Å²) in [5, 5.41) is 0.399. The number of alkyl halides is 2. The van der Waals surface area contributed by atoms with Gasteiger partial charge in [0.1, 0.15) is 17.6 Å². The fraction of sp³-hybridized carbons (Fsp3) is 0.350. The highest BCUT2D eigenvalue weighted by Crippen LogP contribution is 2.56. The fourth-order valence-corrected chi connectivity index (χ4v) is 4.10. The Hall–Kier alpha value is -2.61. The molecule has 0 bridgehead atoms. The molecule has 152 valence electrons. The van der Waals surface area contributed by atoms with Crippen LogP contribution in [0.1, 0.15) is 33.6 Å². The third-order valence-electron chi connectivity index (χ3n) is 5.33. The topological polar surface area (TPSA) is 77.6 Å². The number of hydrogen-bond acceptors (Lipinski definition) is 5. The van der Waals surface area contributed by atoms with E-state index in [1.807, 2.05) is 0 Å². The number of Topliss-reactive ketones (excluding diaryl/α,β-unsaturated/α-hetero) is 1. The maximum atomic E-state index is 14.7. The molecule has 5 nitrogen and oxygen atoms in total. The first-order chi connectivity index (χ1) is 13.7. The van der Waals surface area contributed by atoms with E-state index in [-0.39, 0.29) is 29.5 Å². The van der Waals surface area contributed by atoms with E-state index in [1.54, 1.807) is 13.0 Å². The molecule has 2 aromatic rings. The summed E-state index contributed by atoms with van der Waals surface area (Å²) in [5.74, 6) is -1.83. The van der Waals surface area contributed by atoms with Gasteiger partial charge in [-0.1, -0.05) is 17.7 Å². The second-order valence-corrected chi connectivity index (χ2v) is 7.74. The third kappa shape index (κ3) is 3.35. The number of carbonyl (C=O) groups is 1. The zero-order valence-corrected chi connectivity index (χ0v) is 16.1. The third-order valence-corrected chi connectivity index (χ3v) is 5.54. The molecule has 2 N–H and O–H groups in total. The Morgan fingerprint density at radius 1 is 1.41 bits per heavy atom. The van der Waals surface area contributed by atoms with Crippen LogP contribution in [0.2, 0.25) is 5.02 Å². The number of amidine groups is 1. The van der Waals surface area contributed by atoms with Crippen molar-refractivity contribution in [3.05, 3.63) is 63.7 Å². The highest BCUT2D eigenvalue weighted by atomic mass is 35.5. The predicted molar refractivity (Wildman–Crippen MR) is 101 cm³/mol. The molecule has 0 unspecified atom stereocenters. The number of nitrogens with two attached hydrogens (primary N) is 1. The zero-order chi connectivity index (χ0) is 20.9. The van der Waals surface area contributed by atoms with Gasteiger partial charge in [0.05, 0.1) is 5.02 Å². The first-order valence-corrected chi connectivity index (χ1v) is 9.34. The Balaban J connectivity index is 1.71. The Morgan fingerprint density at radius 3 is 2.86 bits per heavy atom. The largest absolute Gasteiger partial charge is 0.462 e. The van der Waals surface area contributed by atoms with Crippen molar-refractivity contribution in [1.29, 1.82) is 0 Å². The maximum absolute atomic E-state index is 14.7. The lowest BCUT2D eigenvalue weighted by Gasteiger charge is -2.33. The number of benzene rings is 1. The molecular weight excluding hydrogens is 407 g/mol. The van der Waals surface area contributed by atoms with Crippen molar-refractivity contribution in [2.75, 3.05) is 0 Å². The van der Waals surface area contributed by atoms with Gasteiger partial charge in [-0.2, -0.15) is 0 Å². The Kier molecular flexibility index (Phi) is 4.77. The number of nitrogens with zero attached hydrogens (tertiary/aromatic N) is 2. The highest BCUT2D eigenvalue weighted by molar-refractivity contribution is 6.30. The minimum atomic E-state index is -2.99. The highest BCUT2D eigenvalue weighted by Gasteiger charge is 2.64. The van der Waals surface area contributed by atoms with E-state index >= 15 is 0 Å². The van der Waals surface area contributed by atoms with Crippen LogP contribution >= 0.6 is 11.6 Å². The lowest BCUT2D eigenvalue weighted by atomic mass is 9.83. The monoisotopic (exact) mass is 423 g/mol. The van der Waals surface area contributed by atoms with Crippen LogP contribution in [0.5, 0.6) is 0 Å². The molecule has 1 aliphatic carbocycles. The number of hydrogen-bond donors (Lipinski definition) is 1. The molecule has 9 heteroatoms. The summed E-state index contributed by atoms with van der Waals surface area (Å²) < 4.78 is 48.2. The molecule has 29 heavy (non-hydrogen) atoms. The lowest BCUT2D eigenvalue weighted by Crippen LogP contribution is -2.43. The van der Waals surface area contributed by atoms with Crippen molar-refractivity contribution in [3.8, 4) is 0 Å². The smallest absolute Gasteiger partial charge is 0.283 e. The number of aryl methyl sites for hydroxylation is 1. The number of aromatic nitrogens is 1. The summed E-state index contributed by atoms with van der Waals surface area (Å²) in [6.07, 6.45) is -1.96. The minimum absolute atomic E-state index is 0.133. The molecule has 3 atom stereocenters. The van der Waals surface area contributed by atoms with E-state index in [9.17, 15) is 18.0 Å². The molecule has 0 spiro atoms. The zero-order valence-electron chi connectivity index (χ0n) is 15.3. The SMILES string of the molecule is Cc1cc(Cl)cnc1C(=O)Cc1ccc(F)c([C@@]2(C(F)F)N=C(N)O[C@@H]3C[C@@H]32)c1. The molecule has 1 aliphatic heterocycles. The van der Waals surface area contributed by atoms with Crippen molar-refractivity contribution in [1.82, 2.24) is 4.98 Å². The van der Waals surface area contributed by atoms with Gasteiger partial charge in [-0.25, -0.2) is 18.2 Å². The number of fused-ring (bicyclic) bond motifs is 1. The van der Waals surface area contributed by atoms with E-state index in [0.717, 1.165) is 6.07 Å². The summed E-state index contributed by atoms with van der Waals surface area (Å²) in [6, 6.07) is 4.95. The van der Waals surface area contributed by atoms with Crippen molar-refractivity contribution in [2.45, 2.75) is 37.8 Å². The number of ketones is 1. The van der Waals surface area contributed by atoms with Crippen molar-refractivity contribution in [3.63, 3.8) is 0 Å². The van der Waals surface area contributed by atoms with Crippen LogP contribution in [-0.4, -0.2) is 29.3 Å². The van der Waals surface area contributed by atoms with E-state index in [4.69, 9.17) is 22.1 Å². The predicted octanol–water partition coefficient (Wildman–Crippen LogP) is 3.80. The molecule has 0 radical (unpaired) electrons. The minimum Gasteiger partial charge on any atom is -0.462 e. The van der Waals surface area contributed by atoms with E-state index in [2.05, 4.69) is 9.98 Å². The van der Waals surface area contributed by atoms with Crippen molar-refractivity contribution < 1.29 is 22.7 Å². The van der Waals surface area contributed by atoms with E-state index < -0.39 is 29.8 Å². The first-order valence-electron chi connectivity index (χ1n) is 8.96. The van der Waals surface area contributed by atoms with Crippen LogP contribution in [0.3, 0.4) is 0 Å². The van der Waals surface area contributed by atoms with Crippen LogP contribution in [0.15, 0.2) is 35.5 Å². The molecule has 0 amide bonds. The summed E-state index contributed by atoms with van der Waals surface area (Å²) in [6.45, 7) is 1.70. The molecule has 1 fully saturated rings. The second-order valence-electron chi connectivity index (χ2n) is 7.31. The van der Waals surface area contributed by atoms with Gasteiger partial charge in [0.25, 0.3) is 12.4 Å². The molecule has 0 saturated heterocycles. The van der Waals surface area contributed by atoms with Gasteiger partial charge in [0, 0.05) is 24.1 Å². The van der Waals surface area contributed by atoms with E-state index in [0.29, 0.717) is 22.6 Å². The molecule has 2 aliphatic rings.